The molecule has 6 nitrogen and oxygen atoms in total. The molecular formula is C33H33F2NO5. The largest absolute Gasteiger partial charge is 0.497 e. The number of hydrogen-bond donors (Lipinski definition) is 1. The molecule has 0 amide bonds. The highest BCUT2D eigenvalue weighted by atomic mass is 19.1. The minimum atomic E-state index is -0.575. The Labute approximate surface area is 238 Å². The quantitative estimate of drug-likeness (QED) is 0.108. The Balaban J connectivity index is 1.56. The van der Waals surface area contributed by atoms with Crippen molar-refractivity contribution in [2.75, 3.05) is 14.2 Å². The van der Waals surface area contributed by atoms with E-state index in [-0.39, 0.29) is 13.2 Å². The number of hydrogen-bond acceptors (Lipinski definition) is 6. The van der Waals surface area contributed by atoms with E-state index in [0.29, 0.717) is 28.3 Å². The van der Waals surface area contributed by atoms with Gasteiger partial charge in [-0.1, -0.05) is 43.3 Å². The normalized spacial score (nSPS) is 12.2. The fraction of sp³-hybridized carbons (Fsp3) is 0.242. The lowest BCUT2D eigenvalue weighted by molar-refractivity contribution is 0.298. The molecule has 0 aromatic heterocycles. The summed E-state index contributed by atoms with van der Waals surface area (Å²) in [4.78, 5) is 0. The van der Waals surface area contributed by atoms with Crippen LogP contribution in [-0.2, 0) is 13.2 Å². The molecule has 214 valence electrons. The number of halogens is 2. The maximum atomic E-state index is 14.4. The molecule has 0 bridgehead atoms. The van der Waals surface area contributed by atoms with Crippen LogP contribution in [0.3, 0.4) is 0 Å². The Morgan fingerprint density at radius 1 is 0.659 bits per heavy atom. The summed E-state index contributed by atoms with van der Waals surface area (Å²) in [6, 6.07) is 23.3. The van der Waals surface area contributed by atoms with Crippen molar-refractivity contribution in [1.82, 2.24) is 0 Å². The third-order valence-electron chi connectivity index (χ3n) is 6.99. The van der Waals surface area contributed by atoms with Gasteiger partial charge in [0.15, 0.2) is 0 Å². The molecule has 0 spiro atoms. The zero-order valence-electron chi connectivity index (χ0n) is 23.4. The highest BCUT2D eigenvalue weighted by Gasteiger charge is 2.27. The Bertz CT molecular complexity index is 1360. The lowest BCUT2D eigenvalue weighted by atomic mass is 9.84. The van der Waals surface area contributed by atoms with Crippen LogP contribution < -0.4 is 18.9 Å². The van der Waals surface area contributed by atoms with Crippen LogP contribution in [0.5, 0.6) is 23.0 Å². The minimum Gasteiger partial charge on any atom is -0.497 e. The van der Waals surface area contributed by atoms with Crippen molar-refractivity contribution in [3.8, 4) is 23.0 Å². The van der Waals surface area contributed by atoms with Crippen LogP contribution in [0.4, 0.5) is 8.78 Å². The van der Waals surface area contributed by atoms with Crippen LogP contribution in [-0.4, -0.2) is 25.1 Å². The molecular weight excluding hydrogens is 528 g/mol. The van der Waals surface area contributed by atoms with Crippen LogP contribution in [0.25, 0.3) is 0 Å². The molecule has 0 aliphatic heterocycles. The van der Waals surface area contributed by atoms with Gasteiger partial charge in [0.05, 0.1) is 19.9 Å². The van der Waals surface area contributed by atoms with Crippen molar-refractivity contribution in [3.63, 3.8) is 0 Å². The number of oxime groups is 1. The van der Waals surface area contributed by atoms with E-state index in [1.165, 1.54) is 24.3 Å². The summed E-state index contributed by atoms with van der Waals surface area (Å²) in [6.45, 7) is 4.06. The van der Waals surface area contributed by atoms with Gasteiger partial charge in [0.2, 0.25) is 0 Å². The maximum Gasteiger partial charge on any atom is 0.123 e. The molecule has 4 aromatic rings. The molecule has 2 atom stereocenters. The zero-order valence-corrected chi connectivity index (χ0v) is 23.4. The van der Waals surface area contributed by atoms with Crippen molar-refractivity contribution in [3.05, 3.63) is 119 Å². The van der Waals surface area contributed by atoms with Gasteiger partial charge in [0.1, 0.15) is 47.8 Å². The molecule has 4 rings (SSSR count). The van der Waals surface area contributed by atoms with E-state index in [0.717, 1.165) is 22.6 Å². The predicted molar refractivity (Wildman–Crippen MR) is 154 cm³/mol. The van der Waals surface area contributed by atoms with E-state index >= 15 is 0 Å². The average molecular weight is 562 g/mol. The van der Waals surface area contributed by atoms with E-state index in [1.807, 2.05) is 48.5 Å². The Morgan fingerprint density at radius 2 is 1.05 bits per heavy atom. The third-order valence-corrected chi connectivity index (χ3v) is 6.99. The summed E-state index contributed by atoms with van der Waals surface area (Å²) in [6.07, 6.45) is 0. The van der Waals surface area contributed by atoms with Gasteiger partial charge in [0, 0.05) is 23.0 Å². The summed E-state index contributed by atoms with van der Waals surface area (Å²) in [5.74, 6) is 0.283. The van der Waals surface area contributed by atoms with E-state index in [4.69, 9.17) is 18.9 Å². The third kappa shape index (κ3) is 7.33. The van der Waals surface area contributed by atoms with Crippen molar-refractivity contribution in [2.24, 2.45) is 5.16 Å². The first kappa shape index (κ1) is 29.4. The Kier molecular flexibility index (Phi) is 9.79. The van der Waals surface area contributed by atoms with Gasteiger partial charge < -0.3 is 24.2 Å². The molecule has 0 radical (unpaired) electrons. The van der Waals surface area contributed by atoms with Crippen LogP contribution in [0.1, 0.15) is 47.9 Å². The first-order chi connectivity index (χ1) is 19.8. The second-order valence-electron chi connectivity index (χ2n) is 9.61. The van der Waals surface area contributed by atoms with Gasteiger partial charge >= 0.3 is 0 Å². The molecule has 8 heteroatoms. The summed E-state index contributed by atoms with van der Waals surface area (Å²) >= 11 is 0. The first-order valence-electron chi connectivity index (χ1n) is 13.1. The molecule has 41 heavy (non-hydrogen) atoms. The second-order valence-corrected chi connectivity index (χ2v) is 9.61. The van der Waals surface area contributed by atoms with Gasteiger partial charge in [-0.25, -0.2) is 8.78 Å². The Morgan fingerprint density at radius 3 is 1.39 bits per heavy atom. The molecule has 0 fully saturated rings. The molecule has 4 aromatic carbocycles. The van der Waals surface area contributed by atoms with Crippen molar-refractivity contribution in [1.29, 1.82) is 0 Å². The molecule has 0 aliphatic rings. The van der Waals surface area contributed by atoms with Gasteiger partial charge in [-0.2, -0.15) is 0 Å². The van der Waals surface area contributed by atoms with Crippen LogP contribution >= 0.6 is 0 Å². The van der Waals surface area contributed by atoms with E-state index in [9.17, 15) is 14.0 Å². The fourth-order valence-electron chi connectivity index (χ4n) is 4.61. The number of rotatable bonds is 12. The van der Waals surface area contributed by atoms with Gasteiger partial charge in [-0.05, 0) is 71.8 Å². The number of benzene rings is 4. The number of methoxy groups -OCH3 is 2. The van der Waals surface area contributed by atoms with E-state index in [2.05, 4.69) is 5.16 Å². The number of ether oxygens (including phenoxy) is 4. The summed E-state index contributed by atoms with van der Waals surface area (Å²) < 4.78 is 51.4. The minimum absolute atomic E-state index is 0.240. The Hall–Kier alpha value is -4.59. The average Bonchev–Trinajstić information content (AvgIpc) is 3.00. The lowest BCUT2D eigenvalue weighted by Gasteiger charge is -2.24. The summed E-state index contributed by atoms with van der Waals surface area (Å²) in [5.41, 5.74) is 3.09. The maximum absolute atomic E-state index is 14.4. The van der Waals surface area contributed by atoms with Gasteiger partial charge in [-0.3, -0.25) is 0 Å². The smallest absolute Gasteiger partial charge is 0.123 e. The van der Waals surface area contributed by atoms with Crippen LogP contribution in [0.2, 0.25) is 0 Å². The zero-order chi connectivity index (χ0) is 29.4. The van der Waals surface area contributed by atoms with E-state index < -0.39 is 23.5 Å². The van der Waals surface area contributed by atoms with Gasteiger partial charge in [0.25, 0.3) is 0 Å². The monoisotopic (exact) mass is 561 g/mol. The highest BCUT2D eigenvalue weighted by Crippen LogP contribution is 2.37. The predicted octanol–water partition coefficient (Wildman–Crippen LogP) is 7.88. The van der Waals surface area contributed by atoms with Crippen molar-refractivity contribution < 1.29 is 32.9 Å². The number of nitrogens with zero attached hydrogens (tertiary/aromatic N) is 1. The molecule has 0 aliphatic carbocycles. The standard InChI is InChI=1S/C33H33F2NO5/c1-21(29-17-25(34)9-15-31(29)40-19-23-5-11-27(38-3)12-6-23)33(36-37)22(2)30-18-26(35)10-16-32(30)41-20-24-7-13-28(39-4)14-8-24/h5-18,21-22,37H,19-20H2,1-4H3. The fourth-order valence-corrected chi connectivity index (χ4v) is 4.61. The van der Waals surface area contributed by atoms with Crippen molar-refractivity contribution >= 4 is 5.71 Å². The SMILES string of the molecule is COc1ccc(COc2ccc(F)cc2C(C)C(=NO)C(C)c2cc(F)ccc2OCc2ccc(OC)cc2)cc1. The second kappa shape index (κ2) is 13.7. The van der Waals surface area contributed by atoms with Crippen LogP contribution in [0, 0.1) is 11.6 Å². The highest BCUT2D eigenvalue weighted by molar-refractivity contribution is 5.96. The van der Waals surface area contributed by atoms with Crippen LogP contribution in [0.15, 0.2) is 90.1 Å². The molecule has 2 unspecified atom stereocenters. The molecule has 0 saturated carbocycles. The van der Waals surface area contributed by atoms with Crippen molar-refractivity contribution in [2.45, 2.75) is 38.9 Å². The molecule has 0 saturated heterocycles. The first-order valence-corrected chi connectivity index (χ1v) is 13.1. The van der Waals surface area contributed by atoms with E-state index in [1.54, 1.807) is 40.2 Å². The summed E-state index contributed by atoms with van der Waals surface area (Å²) in [5, 5.41) is 13.7. The topological polar surface area (TPSA) is 69.5 Å². The molecule has 1 N–H and O–H groups in total. The molecule has 0 heterocycles. The van der Waals surface area contributed by atoms with Gasteiger partial charge in [-0.15, -0.1) is 0 Å². The summed E-state index contributed by atoms with van der Waals surface area (Å²) in [7, 11) is 3.19. The lowest BCUT2D eigenvalue weighted by Crippen LogP contribution is -2.19.